The molecule has 2 aromatic heterocycles. The largest absolute Gasteiger partial charge is 0.328 e. The van der Waals surface area contributed by atoms with Crippen molar-refractivity contribution in [2.75, 3.05) is 0 Å². The lowest BCUT2D eigenvalue weighted by Gasteiger charge is -2.13. The first kappa shape index (κ1) is 14.9. The van der Waals surface area contributed by atoms with Gasteiger partial charge in [-0.3, -0.25) is 9.13 Å². The van der Waals surface area contributed by atoms with Gasteiger partial charge < -0.3 is 0 Å². The van der Waals surface area contributed by atoms with Crippen LogP contribution in [0.15, 0.2) is 41.3 Å². The van der Waals surface area contributed by atoms with Crippen molar-refractivity contribution < 1.29 is 0 Å². The van der Waals surface area contributed by atoms with E-state index in [1.54, 1.807) is 23.2 Å². The van der Waals surface area contributed by atoms with Gasteiger partial charge in [-0.25, -0.2) is 9.48 Å². The molecule has 0 N–H and O–H groups in total. The molecule has 0 radical (unpaired) electrons. The molecular formula is C18H21N5O. The van der Waals surface area contributed by atoms with Crippen LogP contribution in [0.4, 0.5) is 0 Å². The van der Waals surface area contributed by atoms with Gasteiger partial charge in [0.15, 0.2) is 0 Å². The third kappa shape index (κ3) is 2.48. The molecule has 1 atom stereocenters. The van der Waals surface area contributed by atoms with E-state index in [-0.39, 0.29) is 5.69 Å². The molecule has 0 amide bonds. The summed E-state index contributed by atoms with van der Waals surface area (Å²) in [5.74, 6) is 0.487. The number of aryl methyl sites for hydroxylation is 2. The van der Waals surface area contributed by atoms with Gasteiger partial charge in [-0.1, -0.05) is 23.4 Å². The number of benzene rings is 1. The maximum Gasteiger partial charge on any atom is 0.328 e. The highest BCUT2D eigenvalue weighted by atomic mass is 16.1. The summed E-state index contributed by atoms with van der Waals surface area (Å²) in [6.07, 6.45) is 9.84. The first-order valence-electron chi connectivity index (χ1n) is 8.33. The fraction of sp³-hybridized carbons (Fsp3) is 0.389. The van der Waals surface area contributed by atoms with Gasteiger partial charge in [0.05, 0.1) is 23.3 Å². The predicted molar refractivity (Wildman–Crippen MR) is 93.0 cm³/mol. The van der Waals surface area contributed by atoms with Gasteiger partial charge in [0.25, 0.3) is 0 Å². The first-order chi connectivity index (χ1) is 11.6. The van der Waals surface area contributed by atoms with Gasteiger partial charge in [0.1, 0.15) is 0 Å². The van der Waals surface area contributed by atoms with Crippen LogP contribution in [0.5, 0.6) is 0 Å². The zero-order chi connectivity index (χ0) is 16.7. The lowest BCUT2D eigenvalue weighted by molar-refractivity contribution is 0.598. The number of nitrogens with zero attached hydrogens (tertiary/aromatic N) is 5. The smallest absolute Gasteiger partial charge is 0.295 e. The Morgan fingerprint density at radius 2 is 2.00 bits per heavy atom. The molecule has 0 saturated heterocycles. The minimum atomic E-state index is -0.00412. The fourth-order valence-corrected chi connectivity index (χ4v) is 3.48. The molecule has 24 heavy (non-hydrogen) atoms. The second-order valence-electron chi connectivity index (χ2n) is 6.55. The Hall–Kier alpha value is -2.63. The predicted octanol–water partition coefficient (Wildman–Crippen LogP) is 2.34. The Kier molecular flexibility index (Phi) is 3.59. The molecule has 6 nitrogen and oxygen atoms in total. The van der Waals surface area contributed by atoms with Crippen molar-refractivity contribution in [3.63, 3.8) is 0 Å². The van der Waals surface area contributed by atoms with E-state index in [9.17, 15) is 4.79 Å². The summed E-state index contributed by atoms with van der Waals surface area (Å²) in [5.41, 5.74) is 4.07. The summed E-state index contributed by atoms with van der Waals surface area (Å²) in [6, 6.07) is 6.10. The van der Waals surface area contributed by atoms with Crippen molar-refractivity contribution in [2.24, 2.45) is 14.1 Å². The molecule has 1 unspecified atom stereocenters. The number of hydrogen-bond acceptors (Lipinski definition) is 3. The summed E-state index contributed by atoms with van der Waals surface area (Å²) in [5, 5.41) is 8.63. The van der Waals surface area contributed by atoms with E-state index < -0.39 is 0 Å². The molecule has 6 heteroatoms. The average Bonchev–Trinajstić information content (AvgIpc) is 3.16. The molecule has 1 aliphatic rings. The van der Waals surface area contributed by atoms with Crippen LogP contribution in [0.1, 0.15) is 36.4 Å². The third-order valence-electron chi connectivity index (χ3n) is 4.92. The van der Waals surface area contributed by atoms with Gasteiger partial charge in [0.2, 0.25) is 0 Å². The van der Waals surface area contributed by atoms with Crippen molar-refractivity contribution in [3.05, 3.63) is 58.3 Å². The Morgan fingerprint density at radius 3 is 2.79 bits per heavy atom. The van der Waals surface area contributed by atoms with E-state index in [2.05, 4.69) is 34.7 Å². The van der Waals surface area contributed by atoms with Gasteiger partial charge in [0, 0.05) is 26.2 Å². The SMILES string of the molecule is Cn1c(=O)n(C)c2cc(Cn3cc(C4CC=CCC4)nn3)ccc21. The molecule has 0 saturated carbocycles. The van der Waals surface area contributed by atoms with Crippen LogP contribution in [-0.4, -0.2) is 24.1 Å². The second-order valence-corrected chi connectivity index (χ2v) is 6.55. The van der Waals surface area contributed by atoms with E-state index in [1.165, 1.54) is 0 Å². The van der Waals surface area contributed by atoms with Crippen LogP contribution >= 0.6 is 0 Å². The van der Waals surface area contributed by atoms with Crippen molar-refractivity contribution in [3.8, 4) is 0 Å². The van der Waals surface area contributed by atoms with E-state index in [0.717, 1.165) is 41.6 Å². The maximum atomic E-state index is 12.0. The van der Waals surface area contributed by atoms with Gasteiger partial charge in [-0.15, -0.1) is 5.10 Å². The van der Waals surface area contributed by atoms with Crippen LogP contribution in [0.2, 0.25) is 0 Å². The molecule has 0 spiro atoms. The highest BCUT2D eigenvalue weighted by Gasteiger charge is 2.16. The minimum absolute atomic E-state index is 0.00412. The molecule has 1 aromatic carbocycles. The highest BCUT2D eigenvalue weighted by Crippen LogP contribution is 2.27. The third-order valence-corrected chi connectivity index (χ3v) is 4.92. The fourth-order valence-electron chi connectivity index (χ4n) is 3.48. The zero-order valence-corrected chi connectivity index (χ0v) is 14.0. The lowest BCUT2D eigenvalue weighted by Crippen LogP contribution is -2.19. The van der Waals surface area contributed by atoms with E-state index in [4.69, 9.17) is 0 Å². The molecule has 4 rings (SSSR count). The molecule has 1 aliphatic carbocycles. The molecular weight excluding hydrogens is 302 g/mol. The van der Waals surface area contributed by atoms with Crippen molar-refractivity contribution in [2.45, 2.75) is 31.7 Å². The van der Waals surface area contributed by atoms with Crippen LogP contribution in [0.25, 0.3) is 11.0 Å². The number of aromatic nitrogens is 5. The van der Waals surface area contributed by atoms with Crippen molar-refractivity contribution in [1.82, 2.24) is 24.1 Å². The molecule has 0 bridgehead atoms. The van der Waals surface area contributed by atoms with E-state index >= 15 is 0 Å². The number of allylic oxidation sites excluding steroid dienone is 2. The van der Waals surface area contributed by atoms with Gasteiger partial charge in [-0.05, 0) is 37.0 Å². The quantitative estimate of drug-likeness (QED) is 0.695. The monoisotopic (exact) mass is 323 g/mol. The van der Waals surface area contributed by atoms with Crippen LogP contribution in [-0.2, 0) is 20.6 Å². The number of fused-ring (bicyclic) bond motifs is 1. The van der Waals surface area contributed by atoms with Gasteiger partial charge in [-0.2, -0.15) is 0 Å². The minimum Gasteiger partial charge on any atom is -0.295 e. The lowest BCUT2D eigenvalue weighted by atomic mass is 9.92. The zero-order valence-electron chi connectivity index (χ0n) is 14.0. The maximum absolute atomic E-state index is 12.0. The Bertz CT molecular complexity index is 975. The second kappa shape index (κ2) is 5.78. The topological polar surface area (TPSA) is 57.6 Å². The molecule has 0 fully saturated rings. The molecule has 124 valence electrons. The molecule has 0 aliphatic heterocycles. The molecule has 3 aromatic rings. The van der Waals surface area contributed by atoms with E-state index in [0.29, 0.717) is 12.5 Å². The Labute approximate surface area is 140 Å². The Morgan fingerprint density at radius 1 is 1.17 bits per heavy atom. The van der Waals surface area contributed by atoms with Crippen molar-refractivity contribution >= 4 is 11.0 Å². The normalized spacial score (nSPS) is 17.7. The van der Waals surface area contributed by atoms with Crippen LogP contribution in [0.3, 0.4) is 0 Å². The summed E-state index contributed by atoms with van der Waals surface area (Å²) in [4.78, 5) is 12.0. The average molecular weight is 323 g/mol. The summed E-state index contributed by atoms with van der Waals surface area (Å²) in [6.45, 7) is 0.661. The van der Waals surface area contributed by atoms with Crippen LogP contribution in [0, 0.1) is 0 Å². The molecule has 2 heterocycles. The summed E-state index contributed by atoms with van der Waals surface area (Å²) >= 11 is 0. The number of imidazole rings is 1. The van der Waals surface area contributed by atoms with Crippen molar-refractivity contribution in [1.29, 1.82) is 0 Å². The summed E-state index contributed by atoms with van der Waals surface area (Å²) < 4.78 is 5.24. The number of rotatable bonds is 3. The Balaban J connectivity index is 1.60. The first-order valence-corrected chi connectivity index (χ1v) is 8.33. The number of hydrogen-bond donors (Lipinski definition) is 0. The summed E-state index contributed by atoms with van der Waals surface area (Å²) in [7, 11) is 3.60. The van der Waals surface area contributed by atoms with Gasteiger partial charge >= 0.3 is 5.69 Å². The van der Waals surface area contributed by atoms with Crippen LogP contribution < -0.4 is 5.69 Å². The standard InChI is InChI=1S/C18H21N5O/c1-21-16-9-8-13(10-17(16)22(2)18(21)24)11-23-12-15(19-20-23)14-6-4-3-5-7-14/h3-4,8-10,12,14H,5-7,11H2,1-2H3. The highest BCUT2D eigenvalue weighted by molar-refractivity contribution is 5.76. The van der Waals surface area contributed by atoms with E-state index in [1.807, 2.05) is 16.8 Å².